The van der Waals surface area contributed by atoms with Gasteiger partial charge in [0, 0.05) is 37.1 Å². The molecular formula is C21H26N4O3. The van der Waals surface area contributed by atoms with Gasteiger partial charge in [-0.1, -0.05) is 18.2 Å². The van der Waals surface area contributed by atoms with Crippen molar-refractivity contribution in [2.75, 3.05) is 37.3 Å². The van der Waals surface area contributed by atoms with E-state index in [9.17, 15) is 14.4 Å². The Bertz CT molecular complexity index is 802. The Morgan fingerprint density at radius 3 is 1.89 bits per heavy atom. The molecule has 0 aromatic heterocycles. The number of benzene rings is 2. The van der Waals surface area contributed by atoms with Crippen molar-refractivity contribution in [2.24, 2.45) is 0 Å². The zero-order chi connectivity index (χ0) is 20.5. The summed E-state index contributed by atoms with van der Waals surface area (Å²) in [5, 5.41) is 5.43. The molecule has 28 heavy (non-hydrogen) atoms. The van der Waals surface area contributed by atoms with Crippen LogP contribution < -0.4 is 10.6 Å². The summed E-state index contributed by atoms with van der Waals surface area (Å²) < 4.78 is 0. The lowest BCUT2D eigenvalue weighted by atomic mass is 10.2. The number of hydrogen-bond acceptors (Lipinski definition) is 3. The maximum absolute atomic E-state index is 12.5. The van der Waals surface area contributed by atoms with Gasteiger partial charge in [0.1, 0.15) is 0 Å². The Balaban J connectivity index is 1.92. The van der Waals surface area contributed by atoms with Gasteiger partial charge in [-0.25, -0.2) is 4.79 Å². The first-order chi connectivity index (χ1) is 13.4. The molecule has 0 spiro atoms. The van der Waals surface area contributed by atoms with E-state index >= 15 is 0 Å². The van der Waals surface area contributed by atoms with Gasteiger partial charge in [-0.15, -0.1) is 0 Å². The fourth-order valence-corrected chi connectivity index (χ4v) is 2.68. The molecule has 0 atom stereocenters. The zero-order valence-electron chi connectivity index (χ0n) is 16.4. The molecule has 0 unspecified atom stereocenters. The SMILES string of the molecule is CCN(CC)C(=O)CN(C)C(=O)c1ccc(NC(=O)Nc2ccccc2)cc1. The van der Waals surface area contributed by atoms with Crippen LogP contribution in [0.4, 0.5) is 16.2 Å². The number of para-hydroxylation sites is 1. The standard InChI is InChI=1S/C21H26N4O3/c1-4-25(5-2)19(26)15-24(3)20(27)16-11-13-18(14-12-16)23-21(28)22-17-9-7-6-8-10-17/h6-14H,4-5,15H2,1-3H3,(H2,22,23,28). The van der Waals surface area contributed by atoms with Gasteiger partial charge in [0.2, 0.25) is 5.91 Å². The Hall–Kier alpha value is -3.35. The molecular weight excluding hydrogens is 356 g/mol. The van der Waals surface area contributed by atoms with E-state index < -0.39 is 0 Å². The smallest absolute Gasteiger partial charge is 0.323 e. The topological polar surface area (TPSA) is 81.8 Å². The molecule has 7 heteroatoms. The van der Waals surface area contributed by atoms with Crippen molar-refractivity contribution >= 4 is 29.2 Å². The van der Waals surface area contributed by atoms with E-state index in [1.54, 1.807) is 48.3 Å². The minimum Gasteiger partial charge on any atom is -0.342 e. The lowest BCUT2D eigenvalue weighted by molar-refractivity contribution is -0.131. The van der Waals surface area contributed by atoms with Crippen molar-refractivity contribution < 1.29 is 14.4 Å². The molecule has 7 nitrogen and oxygen atoms in total. The van der Waals surface area contributed by atoms with E-state index in [2.05, 4.69) is 10.6 Å². The maximum atomic E-state index is 12.5. The van der Waals surface area contributed by atoms with Gasteiger partial charge < -0.3 is 20.4 Å². The van der Waals surface area contributed by atoms with Crippen molar-refractivity contribution in [3.63, 3.8) is 0 Å². The first-order valence-electron chi connectivity index (χ1n) is 9.21. The average molecular weight is 382 g/mol. The van der Waals surface area contributed by atoms with Gasteiger partial charge in [0.25, 0.3) is 5.91 Å². The van der Waals surface area contributed by atoms with Crippen LogP contribution in [0.1, 0.15) is 24.2 Å². The molecule has 4 amide bonds. The van der Waals surface area contributed by atoms with E-state index in [-0.39, 0.29) is 24.4 Å². The number of likely N-dealkylation sites (N-methyl/N-ethyl adjacent to an activating group) is 2. The predicted octanol–water partition coefficient (Wildman–Crippen LogP) is 3.27. The van der Waals surface area contributed by atoms with E-state index in [0.717, 1.165) is 0 Å². The molecule has 0 bridgehead atoms. The lowest BCUT2D eigenvalue weighted by Crippen LogP contribution is -2.41. The molecule has 0 aliphatic heterocycles. The molecule has 0 saturated heterocycles. The summed E-state index contributed by atoms with van der Waals surface area (Å²) in [7, 11) is 1.60. The van der Waals surface area contributed by atoms with Crippen molar-refractivity contribution in [3.8, 4) is 0 Å². The number of carbonyl (C=O) groups excluding carboxylic acids is 3. The zero-order valence-corrected chi connectivity index (χ0v) is 16.4. The minimum atomic E-state index is -0.368. The normalized spacial score (nSPS) is 10.1. The first-order valence-corrected chi connectivity index (χ1v) is 9.21. The number of rotatable bonds is 7. The highest BCUT2D eigenvalue weighted by atomic mass is 16.2. The van der Waals surface area contributed by atoms with Crippen molar-refractivity contribution in [3.05, 3.63) is 60.2 Å². The van der Waals surface area contributed by atoms with Gasteiger partial charge in [-0.05, 0) is 50.2 Å². The second kappa shape index (κ2) is 10.1. The summed E-state index contributed by atoms with van der Waals surface area (Å²) in [5.74, 6) is -0.336. The predicted molar refractivity (Wildman–Crippen MR) is 110 cm³/mol. The third kappa shape index (κ3) is 5.84. The summed E-state index contributed by atoms with van der Waals surface area (Å²) in [6.45, 7) is 5.07. The highest BCUT2D eigenvalue weighted by Gasteiger charge is 2.17. The number of urea groups is 1. The second-order valence-corrected chi connectivity index (χ2v) is 6.25. The fraction of sp³-hybridized carbons (Fsp3) is 0.286. The number of nitrogens with zero attached hydrogens (tertiary/aromatic N) is 2. The van der Waals surface area contributed by atoms with E-state index in [1.807, 2.05) is 32.0 Å². The molecule has 2 N–H and O–H groups in total. The van der Waals surface area contributed by atoms with Crippen LogP contribution in [-0.2, 0) is 4.79 Å². The quantitative estimate of drug-likeness (QED) is 0.771. The van der Waals surface area contributed by atoms with Crippen LogP contribution in [0, 0.1) is 0 Å². The second-order valence-electron chi connectivity index (χ2n) is 6.25. The van der Waals surface area contributed by atoms with Crippen molar-refractivity contribution in [1.82, 2.24) is 9.80 Å². The Kier molecular flexibility index (Phi) is 7.56. The molecule has 0 heterocycles. The minimum absolute atomic E-state index is 0.0278. The number of nitrogens with one attached hydrogen (secondary N) is 2. The molecule has 0 aliphatic carbocycles. The van der Waals surface area contributed by atoms with Crippen molar-refractivity contribution in [2.45, 2.75) is 13.8 Å². The van der Waals surface area contributed by atoms with Crippen LogP contribution in [0.5, 0.6) is 0 Å². The third-order valence-electron chi connectivity index (χ3n) is 4.26. The molecule has 0 fully saturated rings. The van der Waals surface area contributed by atoms with E-state index in [4.69, 9.17) is 0 Å². The van der Waals surface area contributed by atoms with Gasteiger partial charge in [-0.2, -0.15) is 0 Å². The van der Waals surface area contributed by atoms with Gasteiger partial charge in [0.05, 0.1) is 6.54 Å². The monoisotopic (exact) mass is 382 g/mol. The fourth-order valence-electron chi connectivity index (χ4n) is 2.68. The van der Waals surface area contributed by atoms with Crippen LogP contribution in [-0.4, -0.2) is 54.3 Å². The summed E-state index contributed by atoms with van der Waals surface area (Å²) in [6, 6.07) is 15.3. The van der Waals surface area contributed by atoms with Crippen LogP contribution in [0.25, 0.3) is 0 Å². The van der Waals surface area contributed by atoms with Crippen LogP contribution in [0.3, 0.4) is 0 Å². The number of amides is 4. The molecule has 2 aromatic carbocycles. The molecule has 0 saturated carbocycles. The molecule has 2 rings (SSSR count). The summed E-state index contributed by atoms with van der Waals surface area (Å²) in [6.07, 6.45) is 0. The van der Waals surface area contributed by atoms with Crippen LogP contribution in [0.2, 0.25) is 0 Å². The number of hydrogen-bond donors (Lipinski definition) is 2. The summed E-state index contributed by atoms with van der Waals surface area (Å²) in [4.78, 5) is 39.8. The van der Waals surface area contributed by atoms with Crippen LogP contribution >= 0.6 is 0 Å². The largest absolute Gasteiger partial charge is 0.342 e. The van der Waals surface area contributed by atoms with Gasteiger partial charge in [-0.3, -0.25) is 9.59 Å². The molecule has 0 aliphatic rings. The molecule has 148 valence electrons. The van der Waals surface area contributed by atoms with Crippen molar-refractivity contribution in [1.29, 1.82) is 0 Å². The Labute approximate surface area is 165 Å². The number of anilines is 2. The van der Waals surface area contributed by atoms with Crippen LogP contribution in [0.15, 0.2) is 54.6 Å². The Morgan fingerprint density at radius 2 is 1.36 bits per heavy atom. The third-order valence-corrected chi connectivity index (χ3v) is 4.26. The van der Waals surface area contributed by atoms with E-state index in [0.29, 0.717) is 30.0 Å². The van der Waals surface area contributed by atoms with E-state index in [1.165, 1.54) is 4.90 Å². The lowest BCUT2D eigenvalue weighted by Gasteiger charge is -2.23. The van der Waals surface area contributed by atoms with Gasteiger partial charge >= 0.3 is 6.03 Å². The molecule has 0 radical (unpaired) electrons. The Morgan fingerprint density at radius 1 is 0.821 bits per heavy atom. The average Bonchev–Trinajstić information content (AvgIpc) is 2.69. The highest BCUT2D eigenvalue weighted by Crippen LogP contribution is 2.13. The summed E-state index contributed by atoms with van der Waals surface area (Å²) >= 11 is 0. The highest BCUT2D eigenvalue weighted by molar-refractivity contribution is 6.00. The maximum Gasteiger partial charge on any atom is 0.323 e. The summed E-state index contributed by atoms with van der Waals surface area (Å²) in [5.41, 5.74) is 1.70. The number of carbonyl (C=O) groups is 3. The molecule has 2 aromatic rings. The first kappa shape index (κ1) is 21.0. The van der Waals surface area contributed by atoms with Gasteiger partial charge in [0.15, 0.2) is 0 Å².